The quantitative estimate of drug-likeness (QED) is 0.907. The number of hydrogen-bond acceptors (Lipinski definition) is 5. The SMILES string of the molecule is CCNc1ncnc(-c2cc(C)ccc2OC)c1OC. The van der Waals surface area contributed by atoms with Crippen LogP contribution in [0, 0.1) is 6.92 Å². The van der Waals surface area contributed by atoms with E-state index in [0.717, 1.165) is 29.1 Å². The zero-order valence-electron chi connectivity index (χ0n) is 12.2. The molecular formula is C15H19N3O2. The molecule has 0 amide bonds. The van der Waals surface area contributed by atoms with E-state index in [1.54, 1.807) is 14.2 Å². The fourth-order valence-corrected chi connectivity index (χ4v) is 2.06. The maximum absolute atomic E-state index is 5.48. The highest BCUT2D eigenvalue weighted by molar-refractivity contribution is 5.77. The van der Waals surface area contributed by atoms with Crippen molar-refractivity contribution in [1.82, 2.24) is 9.97 Å². The van der Waals surface area contributed by atoms with Crippen LogP contribution in [0.4, 0.5) is 5.82 Å². The van der Waals surface area contributed by atoms with Crippen molar-refractivity contribution in [2.45, 2.75) is 13.8 Å². The Morgan fingerprint density at radius 1 is 1.15 bits per heavy atom. The molecule has 0 saturated heterocycles. The first-order chi connectivity index (χ1) is 9.71. The van der Waals surface area contributed by atoms with Crippen LogP contribution in [0.5, 0.6) is 11.5 Å². The van der Waals surface area contributed by atoms with Gasteiger partial charge in [0.05, 0.1) is 14.2 Å². The summed E-state index contributed by atoms with van der Waals surface area (Å²) in [6.45, 7) is 4.80. The van der Waals surface area contributed by atoms with Crippen molar-refractivity contribution >= 4 is 5.82 Å². The predicted molar refractivity (Wildman–Crippen MR) is 79.5 cm³/mol. The number of benzene rings is 1. The summed E-state index contributed by atoms with van der Waals surface area (Å²) in [4.78, 5) is 8.57. The highest BCUT2D eigenvalue weighted by Crippen LogP contribution is 2.38. The van der Waals surface area contributed by atoms with Gasteiger partial charge in [-0.3, -0.25) is 0 Å². The van der Waals surface area contributed by atoms with Crippen LogP contribution >= 0.6 is 0 Å². The molecule has 5 heteroatoms. The summed E-state index contributed by atoms with van der Waals surface area (Å²) in [7, 11) is 3.26. The average Bonchev–Trinajstić information content (AvgIpc) is 2.47. The van der Waals surface area contributed by atoms with Crippen LogP contribution in [0.15, 0.2) is 24.5 Å². The number of aromatic nitrogens is 2. The first-order valence-corrected chi connectivity index (χ1v) is 6.49. The summed E-state index contributed by atoms with van der Waals surface area (Å²) in [6.07, 6.45) is 1.53. The fourth-order valence-electron chi connectivity index (χ4n) is 2.06. The molecule has 106 valence electrons. The molecule has 2 rings (SSSR count). The van der Waals surface area contributed by atoms with E-state index in [1.165, 1.54) is 6.33 Å². The van der Waals surface area contributed by atoms with Crippen LogP contribution in [0.2, 0.25) is 0 Å². The van der Waals surface area contributed by atoms with Gasteiger partial charge in [-0.1, -0.05) is 11.6 Å². The van der Waals surface area contributed by atoms with E-state index in [2.05, 4.69) is 15.3 Å². The minimum Gasteiger partial charge on any atom is -0.496 e. The molecule has 2 aromatic rings. The lowest BCUT2D eigenvalue weighted by molar-refractivity contribution is 0.408. The lowest BCUT2D eigenvalue weighted by Gasteiger charge is -2.14. The van der Waals surface area contributed by atoms with Gasteiger partial charge in [-0.25, -0.2) is 9.97 Å². The monoisotopic (exact) mass is 273 g/mol. The maximum atomic E-state index is 5.48. The molecule has 0 unspecified atom stereocenters. The third-order valence-electron chi connectivity index (χ3n) is 2.96. The largest absolute Gasteiger partial charge is 0.496 e. The summed E-state index contributed by atoms with van der Waals surface area (Å²) in [6, 6.07) is 5.96. The van der Waals surface area contributed by atoms with Crippen molar-refractivity contribution in [2.75, 3.05) is 26.1 Å². The second-order valence-electron chi connectivity index (χ2n) is 4.34. The Morgan fingerprint density at radius 3 is 2.60 bits per heavy atom. The molecule has 0 saturated carbocycles. The smallest absolute Gasteiger partial charge is 0.187 e. The highest BCUT2D eigenvalue weighted by atomic mass is 16.5. The molecule has 1 heterocycles. The Balaban J connectivity index is 2.63. The second-order valence-corrected chi connectivity index (χ2v) is 4.34. The van der Waals surface area contributed by atoms with E-state index in [1.807, 2.05) is 32.0 Å². The van der Waals surface area contributed by atoms with Crippen LogP contribution in [-0.2, 0) is 0 Å². The third kappa shape index (κ3) is 2.66. The Morgan fingerprint density at radius 2 is 1.95 bits per heavy atom. The van der Waals surface area contributed by atoms with E-state index in [4.69, 9.17) is 9.47 Å². The zero-order chi connectivity index (χ0) is 14.5. The van der Waals surface area contributed by atoms with Gasteiger partial charge in [0.1, 0.15) is 17.8 Å². The van der Waals surface area contributed by atoms with Gasteiger partial charge in [0, 0.05) is 12.1 Å². The molecule has 1 aromatic heterocycles. The van der Waals surface area contributed by atoms with Gasteiger partial charge in [-0.15, -0.1) is 0 Å². The normalized spacial score (nSPS) is 10.2. The average molecular weight is 273 g/mol. The van der Waals surface area contributed by atoms with Crippen molar-refractivity contribution in [3.05, 3.63) is 30.1 Å². The van der Waals surface area contributed by atoms with Crippen molar-refractivity contribution < 1.29 is 9.47 Å². The van der Waals surface area contributed by atoms with Crippen molar-refractivity contribution in [3.8, 4) is 22.8 Å². The Bertz CT molecular complexity index is 600. The zero-order valence-corrected chi connectivity index (χ0v) is 12.2. The van der Waals surface area contributed by atoms with E-state index in [9.17, 15) is 0 Å². The van der Waals surface area contributed by atoms with Crippen LogP contribution in [-0.4, -0.2) is 30.7 Å². The minimum absolute atomic E-state index is 0.623. The van der Waals surface area contributed by atoms with Gasteiger partial charge in [0.25, 0.3) is 0 Å². The number of rotatable bonds is 5. The van der Waals surface area contributed by atoms with Gasteiger partial charge in [-0.05, 0) is 26.0 Å². The van der Waals surface area contributed by atoms with E-state index in [-0.39, 0.29) is 0 Å². The molecule has 0 bridgehead atoms. The fraction of sp³-hybridized carbons (Fsp3) is 0.333. The van der Waals surface area contributed by atoms with Gasteiger partial charge in [0.15, 0.2) is 11.6 Å². The molecule has 0 radical (unpaired) electrons. The summed E-state index contributed by atoms with van der Waals surface area (Å²) in [5.74, 6) is 2.07. The number of methoxy groups -OCH3 is 2. The minimum atomic E-state index is 0.623. The van der Waals surface area contributed by atoms with E-state index < -0.39 is 0 Å². The summed E-state index contributed by atoms with van der Waals surface area (Å²) >= 11 is 0. The second kappa shape index (κ2) is 6.23. The molecule has 0 fully saturated rings. The first kappa shape index (κ1) is 14.1. The number of nitrogens with one attached hydrogen (secondary N) is 1. The molecule has 20 heavy (non-hydrogen) atoms. The Labute approximate surface area is 119 Å². The van der Waals surface area contributed by atoms with Crippen molar-refractivity contribution in [3.63, 3.8) is 0 Å². The standard InChI is InChI=1S/C15H19N3O2/c1-5-16-15-14(20-4)13(17-9-18-15)11-8-10(2)6-7-12(11)19-3/h6-9H,5H2,1-4H3,(H,16,17,18). The maximum Gasteiger partial charge on any atom is 0.187 e. The lowest BCUT2D eigenvalue weighted by atomic mass is 10.1. The van der Waals surface area contributed by atoms with Crippen LogP contribution in [0.3, 0.4) is 0 Å². The van der Waals surface area contributed by atoms with Gasteiger partial charge >= 0.3 is 0 Å². The number of nitrogens with zero attached hydrogens (tertiary/aromatic N) is 2. The molecule has 5 nitrogen and oxygen atoms in total. The summed E-state index contributed by atoms with van der Waals surface area (Å²) in [5.41, 5.74) is 2.75. The molecule has 0 aliphatic rings. The van der Waals surface area contributed by atoms with Gasteiger partial charge < -0.3 is 14.8 Å². The Hall–Kier alpha value is -2.30. The molecule has 0 spiro atoms. The van der Waals surface area contributed by atoms with Crippen molar-refractivity contribution in [1.29, 1.82) is 0 Å². The van der Waals surface area contributed by atoms with Gasteiger partial charge in [-0.2, -0.15) is 0 Å². The van der Waals surface area contributed by atoms with Crippen molar-refractivity contribution in [2.24, 2.45) is 0 Å². The Kier molecular flexibility index (Phi) is 4.40. The van der Waals surface area contributed by atoms with Crippen LogP contribution < -0.4 is 14.8 Å². The lowest BCUT2D eigenvalue weighted by Crippen LogP contribution is -2.04. The van der Waals surface area contributed by atoms with E-state index >= 15 is 0 Å². The summed E-state index contributed by atoms with van der Waals surface area (Å²) < 4.78 is 10.9. The van der Waals surface area contributed by atoms with Crippen LogP contribution in [0.25, 0.3) is 11.3 Å². The number of ether oxygens (including phenoxy) is 2. The first-order valence-electron chi connectivity index (χ1n) is 6.49. The van der Waals surface area contributed by atoms with Crippen LogP contribution in [0.1, 0.15) is 12.5 Å². The highest BCUT2D eigenvalue weighted by Gasteiger charge is 2.17. The number of hydrogen-bond donors (Lipinski definition) is 1. The molecule has 0 aliphatic carbocycles. The predicted octanol–water partition coefficient (Wildman–Crippen LogP) is 2.90. The number of anilines is 1. The van der Waals surface area contributed by atoms with E-state index in [0.29, 0.717) is 11.6 Å². The molecular weight excluding hydrogens is 254 g/mol. The van der Waals surface area contributed by atoms with Gasteiger partial charge in [0.2, 0.25) is 0 Å². The molecule has 0 atom stereocenters. The molecule has 1 N–H and O–H groups in total. The third-order valence-corrected chi connectivity index (χ3v) is 2.96. The summed E-state index contributed by atoms with van der Waals surface area (Å²) in [5, 5.41) is 3.17. The molecule has 0 aliphatic heterocycles. The topological polar surface area (TPSA) is 56.3 Å². The number of aryl methyl sites for hydroxylation is 1. The molecule has 1 aromatic carbocycles.